The maximum atomic E-state index is 13.9. The van der Waals surface area contributed by atoms with Gasteiger partial charge in [0.2, 0.25) is 10.0 Å². The molecule has 1 aliphatic heterocycles. The van der Waals surface area contributed by atoms with Crippen LogP contribution in [0, 0.1) is 0 Å². The lowest BCUT2D eigenvalue weighted by Crippen LogP contribution is -2.49. The van der Waals surface area contributed by atoms with E-state index < -0.39 is 15.6 Å². The number of nitrogens with zero attached hydrogens (tertiary/aromatic N) is 3. The Bertz CT molecular complexity index is 1830. The number of carbonyl (C=O) groups is 2. The van der Waals surface area contributed by atoms with Crippen molar-refractivity contribution in [3.63, 3.8) is 0 Å². The molecule has 5 rings (SSSR count). The molecule has 1 aliphatic rings. The summed E-state index contributed by atoms with van der Waals surface area (Å²) in [5.74, 6) is 0.125. The lowest BCUT2D eigenvalue weighted by Gasteiger charge is -2.34. The highest BCUT2D eigenvalue weighted by molar-refractivity contribution is 7.92. The summed E-state index contributed by atoms with van der Waals surface area (Å²) in [4.78, 5) is 34.9. The molecule has 11 nitrogen and oxygen atoms in total. The fourth-order valence-electron chi connectivity index (χ4n) is 6.42. The number of aromatic nitrogens is 1. The maximum Gasteiger partial charge on any atom is 0.410 e. The smallest absolute Gasteiger partial charge is 0.410 e. The van der Waals surface area contributed by atoms with Crippen LogP contribution in [0.3, 0.4) is 0 Å². The number of anilines is 2. The van der Waals surface area contributed by atoms with Crippen molar-refractivity contribution >= 4 is 44.3 Å². The number of piperidine rings is 1. The van der Waals surface area contributed by atoms with Crippen LogP contribution in [-0.4, -0.2) is 85.9 Å². The number of rotatable bonds is 15. The molecule has 284 valence electrons. The fourth-order valence-corrected chi connectivity index (χ4v) is 7.70. The van der Waals surface area contributed by atoms with Crippen LogP contribution in [0.15, 0.2) is 90.3 Å². The minimum atomic E-state index is -3.38. The molecule has 0 saturated carbocycles. The molecule has 0 spiro atoms. The van der Waals surface area contributed by atoms with E-state index in [4.69, 9.17) is 4.74 Å². The molecule has 0 radical (unpaired) electrons. The van der Waals surface area contributed by atoms with E-state index in [2.05, 4.69) is 68.9 Å². The van der Waals surface area contributed by atoms with Crippen molar-refractivity contribution in [2.24, 2.45) is 0 Å². The maximum absolute atomic E-state index is 13.9. The molecule has 1 atom stereocenters. The lowest BCUT2D eigenvalue weighted by molar-refractivity contribution is 0.0187. The number of hydrogen-bond acceptors (Lipinski definition) is 8. The number of amides is 3. The third kappa shape index (κ3) is 12.9. The van der Waals surface area contributed by atoms with Crippen LogP contribution in [0.4, 0.5) is 20.4 Å². The highest BCUT2D eigenvalue weighted by atomic mass is 32.2. The molecule has 13 heteroatoms. The number of likely N-dealkylation sites (tertiary alicyclic amines) is 1. The number of sulfonamides is 1. The average molecular weight is 761 g/mol. The fraction of sp³-hybridized carbons (Fsp3) is 0.425. The minimum Gasteiger partial charge on any atom is -0.444 e. The highest BCUT2D eigenvalue weighted by Crippen LogP contribution is 2.29. The SMILES string of the molecule is CC(C)(C)OC(=O)N1CCC[C@@H](NCCCCN(CCC(c2ccccc2)c2ccccc2)C(=O)Nc2nc(-c3ccc(NS(C)(=O)=O)cc3)cs2)C1. The quantitative estimate of drug-likeness (QED) is 0.105. The van der Waals surface area contributed by atoms with Gasteiger partial charge in [-0.05, 0) is 82.7 Å². The standard InChI is InChI=1S/C40H52N6O5S2/c1-40(2,3)51-39(48)46-26-13-18-34(28-46)41-24-11-12-25-45(27-23-35(30-14-7-5-8-15-30)31-16-9-6-10-17-31)38(47)43-37-42-36(29-52-37)32-19-21-33(22-20-32)44-53(4,49)50/h5-10,14-17,19-22,29,34-35,41,44H,11-13,18,23-28H2,1-4H3,(H,42,43,47)/t34-/m1/s1. The number of urea groups is 1. The highest BCUT2D eigenvalue weighted by Gasteiger charge is 2.27. The van der Waals surface area contributed by atoms with Gasteiger partial charge in [0.1, 0.15) is 5.60 Å². The van der Waals surface area contributed by atoms with E-state index in [0.29, 0.717) is 42.7 Å². The summed E-state index contributed by atoms with van der Waals surface area (Å²) in [5.41, 5.74) is 3.86. The number of thiazole rings is 1. The van der Waals surface area contributed by atoms with Crippen LogP contribution >= 0.6 is 11.3 Å². The first-order valence-corrected chi connectivity index (χ1v) is 21.0. The monoisotopic (exact) mass is 760 g/mol. The van der Waals surface area contributed by atoms with E-state index in [0.717, 1.165) is 50.5 Å². The van der Waals surface area contributed by atoms with Crippen molar-refractivity contribution in [1.82, 2.24) is 20.1 Å². The molecular weight excluding hydrogens is 709 g/mol. The Balaban J connectivity index is 1.21. The van der Waals surface area contributed by atoms with Crippen LogP contribution in [0.5, 0.6) is 0 Å². The van der Waals surface area contributed by atoms with E-state index in [1.165, 1.54) is 22.5 Å². The molecule has 1 fully saturated rings. The minimum absolute atomic E-state index is 0.125. The Hall–Kier alpha value is -4.46. The van der Waals surface area contributed by atoms with E-state index in [9.17, 15) is 18.0 Å². The van der Waals surface area contributed by atoms with Crippen LogP contribution in [0.25, 0.3) is 11.3 Å². The van der Waals surface area contributed by atoms with Crippen molar-refractivity contribution in [1.29, 1.82) is 0 Å². The molecular formula is C40H52N6O5S2. The van der Waals surface area contributed by atoms with Crippen molar-refractivity contribution in [3.05, 3.63) is 101 Å². The van der Waals surface area contributed by atoms with Crippen LogP contribution in [-0.2, 0) is 14.8 Å². The van der Waals surface area contributed by atoms with Crippen LogP contribution in [0.1, 0.15) is 69.9 Å². The first kappa shape index (κ1) is 39.7. The number of ether oxygens (including phenoxy) is 1. The number of nitrogens with one attached hydrogen (secondary N) is 3. The zero-order valence-corrected chi connectivity index (χ0v) is 32.7. The van der Waals surface area contributed by atoms with E-state index in [-0.39, 0.29) is 24.1 Å². The molecule has 0 bridgehead atoms. The van der Waals surface area contributed by atoms with Crippen molar-refractivity contribution in [2.45, 2.75) is 70.4 Å². The van der Waals surface area contributed by atoms with Crippen molar-refractivity contribution in [2.75, 3.05) is 49.0 Å². The summed E-state index contributed by atoms with van der Waals surface area (Å²) in [7, 11) is -3.38. The van der Waals surface area contributed by atoms with Gasteiger partial charge in [-0.25, -0.2) is 23.0 Å². The Morgan fingerprint density at radius 2 is 1.62 bits per heavy atom. The van der Waals surface area contributed by atoms with E-state index >= 15 is 0 Å². The first-order chi connectivity index (χ1) is 25.3. The van der Waals surface area contributed by atoms with Crippen molar-refractivity contribution in [3.8, 4) is 11.3 Å². The van der Waals surface area contributed by atoms with E-state index in [1.54, 1.807) is 29.2 Å². The topological polar surface area (TPSA) is 133 Å². The average Bonchev–Trinajstić information content (AvgIpc) is 3.59. The zero-order valence-electron chi connectivity index (χ0n) is 31.1. The van der Waals surface area contributed by atoms with Gasteiger partial charge < -0.3 is 19.9 Å². The normalized spacial score (nSPS) is 14.9. The second-order valence-corrected chi connectivity index (χ2v) is 17.1. The predicted octanol–water partition coefficient (Wildman–Crippen LogP) is 8.01. The van der Waals surface area contributed by atoms with Gasteiger partial charge in [-0.15, -0.1) is 11.3 Å². The molecule has 53 heavy (non-hydrogen) atoms. The Labute approximate surface area is 318 Å². The third-order valence-electron chi connectivity index (χ3n) is 8.94. The van der Waals surface area contributed by atoms with Gasteiger partial charge in [0.15, 0.2) is 5.13 Å². The van der Waals surface area contributed by atoms with E-state index in [1.807, 2.05) is 43.2 Å². The van der Waals surface area contributed by atoms with Crippen LogP contribution in [0.2, 0.25) is 0 Å². The molecule has 1 saturated heterocycles. The molecule has 2 heterocycles. The Morgan fingerprint density at radius 3 is 2.25 bits per heavy atom. The van der Waals surface area contributed by atoms with Crippen LogP contribution < -0.4 is 15.4 Å². The van der Waals surface area contributed by atoms with Gasteiger partial charge in [-0.3, -0.25) is 10.0 Å². The number of benzene rings is 3. The lowest BCUT2D eigenvalue weighted by atomic mass is 9.88. The molecule has 3 aromatic carbocycles. The summed E-state index contributed by atoms with van der Waals surface area (Å²) in [5, 5.41) is 9.03. The van der Waals surface area contributed by atoms with Gasteiger partial charge in [0.25, 0.3) is 0 Å². The Kier molecular flexibility index (Phi) is 13.9. The number of carbonyl (C=O) groups excluding carboxylic acids is 2. The summed E-state index contributed by atoms with van der Waals surface area (Å²) >= 11 is 1.35. The molecule has 0 unspecified atom stereocenters. The van der Waals surface area contributed by atoms with Gasteiger partial charge >= 0.3 is 12.1 Å². The summed E-state index contributed by atoms with van der Waals surface area (Å²) in [6, 6.07) is 27.8. The van der Waals surface area contributed by atoms with Gasteiger partial charge in [-0.1, -0.05) is 72.8 Å². The second-order valence-electron chi connectivity index (χ2n) is 14.5. The molecule has 1 aromatic heterocycles. The molecule has 3 N–H and O–H groups in total. The van der Waals surface area contributed by atoms with Crippen molar-refractivity contribution < 1.29 is 22.7 Å². The predicted molar refractivity (Wildman–Crippen MR) is 214 cm³/mol. The molecule has 4 aromatic rings. The first-order valence-electron chi connectivity index (χ1n) is 18.2. The zero-order chi connectivity index (χ0) is 37.8. The number of hydrogen-bond donors (Lipinski definition) is 3. The summed E-state index contributed by atoms with van der Waals surface area (Å²) in [6.07, 6.45) is 5.21. The second kappa shape index (κ2) is 18.5. The Morgan fingerprint density at radius 1 is 0.962 bits per heavy atom. The summed E-state index contributed by atoms with van der Waals surface area (Å²) < 4.78 is 31.2. The largest absolute Gasteiger partial charge is 0.444 e. The number of unbranched alkanes of at least 4 members (excludes halogenated alkanes) is 1. The van der Waals surface area contributed by atoms with Gasteiger partial charge in [0, 0.05) is 54.8 Å². The molecule has 0 aliphatic carbocycles. The van der Waals surface area contributed by atoms with Gasteiger partial charge in [0.05, 0.1) is 11.9 Å². The van der Waals surface area contributed by atoms with Gasteiger partial charge in [-0.2, -0.15) is 0 Å². The summed E-state index contributed by atoms with van der Waals surface area (Å²) in [6.45, 7) is 8.90. The third-order valence-corrected chi connectivity index (χ3v) is 10.3. The molecule has 3 amide bonds.